The molecule has 1 N–H and O–H groups in total. The molecule has 0 unspecified atom stereocenters. The van der Waals surface area contributed by atoms with E-state index in [-0.39, 0.29) is 12.5 Å². The van der Waals surface area contributed by atoms with Gasteiger partial charge in [-0.05, 0) is 47.9 Å². The summed E-state index contributed by atoms with van der Waals surface area (Å²) >= 11 is 6.07. The van der Waals surface area contributed by atoms with Crippen molar-refractivity contribution in [3.05, 3.63) is 83.1 Å². The molecule has 0 atom stereocenters. The largest absolute Gasteiger partial charge is 0.573 e. The van der Waals surface area contributed by atoms with E-state index < -0.39 is 6.36 Å². The van der Waals surface area contributed by atoms with Gasteiger partial charge in [-0.1, -0.05) is 36.7 Å². The Hall–Kier alpha value is -3.60. The van der Waals surface area contributed by atoms with Crippen LogP contribution >= 0.6 is 11.6 Å². The first-order chi connectivity index (χ1) is 17.8. The Morgan fingerprint density at radius 3 is 2.57 bits per heavy atom. The molecule has 0 fully saturated rings. The summed E-state index contributed by atoms with van der Waals surface area (Å²) in [4.78, 5) is 9.08. The van der Waals surface area contributed by atoms with Gasteiger partial charge in [-0.3, -0.25) is 5.32 Å². The molecule has 37 heavy (non-hydrogen) atoms. The van der Waals surface area contributed by atoms with Crippen molar-refractivity contribution in [2.75, 3.05) is 6.73 Å². The Kier molecular flexibility index (Phi) is 7.05. The monoisotopic (exact) mass is 530 g/mol. The van der Waals surface area contributed by atoms with E-state index in [9.17, 15) is 13.2 Å². The molecule has 0 saturated heterocycles. The maximum absolute atomic E-state index is 12.4. The number of aromatic nitrogens is 3. The summed E-state index contributed by atoms with van der Waals surface area (Å²) in [7, 11) is 0. The van der Waals surface area contributed by atoms with E-state index in [2.05, 4.69) is 20.0 Å². The summed E-state index contributed by atoms with van der Waals surface area (Å²) in [6.07, 6.45) is -2.06. The molecule has 3 heterocycles. The number of halogens is 4. The summed E-state index contributed by atoms with van der Waals surface area (Å²) < 4.78 is 54.7. The van der Waals surface area contributed by atoms with Crippen LogP contribution in [0.15, 0.2) is 65.2 Å². The number of oxazole rings is 1. The van der Waals surface area contributed by atoms with E-state index in [1.165, 1.54) is 12.1 Å². The van der Waals surface area contributed by atoms with Crippen molar-refractivity contribution in [3.8, 4) is 16.9 Å². The van der Waals surface area contributed by atoms with Crippen molar-refractivity contribution in [3.63, 3.8) is 0 Å². The van der Waals surface area contributed by atoms with Gasteiger partial charge in [0.05, 0.1) is 31.3 Å². The molecule has 0 aliphatic carbocycles. The quantitative estimate of drug-likeness (QED) is 0.173. The molecule has 0 aliphatic heterocycles. The van der Waals surface area contributed by atoms with Gasteiger partial charge in [0, 0.05) is 17.3 Å². The number of ether oxygens (including phenoxy) is 2. The van der Waals surface area contributed by atoms with Crippen molar-refractivity contribution in [2.45, 2.75) is 32.9 Å². The van der Waals surface area contributed by atoms with E-state index >= 15 is 0 Å². The van der Waals surface area contributed by atoms with Gasteiger partial charge in [0.25, 0.3) is 0 Å². The molecular formula is C26H22ClF3N4O3. The number of alkyl halides is 3. The van der Waals surface area contributed by atoms with Crippen LogP contribution < -0.4 is 10.1 Å². The van der Waals surface area contributed by atoms with E-state index in [1.807, 2.05) is 35.7 Å². The van der Waals surface area contributed by atoms with E-state index in [0.29, 0.717) is 35.2 Å². The first kappa shape index (κ1) is 25.1. The minimum atomic E-state index is -4.73. The average molecular weight is 531 g/mol. The van der Waals surface area contributed by atoms with Gasteiger partial charge in [-0.2, -0.15) is 0 Å². The summed E-state index contributed by atoms with van der Waals surface area (Å²) in [5, 5.41) is 3.79. The number of rotatable bonds is 9. The van der Waals surface area contributed by atoms with Gasteiger partial charge in [0.2, 0.25) is 5.89 Å². The molecule has 0 saturated carbocycles. The fourth-order valence-electron chi connectivity index (χ4n) is 4.01. The first-order valence-electron chi connectivity index (χ1n) is 11.5. The Morgan fingerprint density at radius 1 is 1.03 bits per heavy atom. The number of hydrogen-bond donors (Lipinski definition) is 1. The molecule has 11 heteroatoms. The average Bonchev–Trinajstić information content (AvgIpc) is 3.43. The third kappa shape index (κ3) is 5.87. The van der Waals surface area contributed by atoms with E-state index in [1.54, 1.807) is 24.3 Å². The Morgan fingerprint density at radius 2 is 1.81 bits per heavy atom. The predicted molar refractivity (Wildman–Crippen MR) is 132 cm³/mol. The lowest BCUT2D eigenvalue weighted by atomic mass is 10.1. The number of nitrogens with zero attached hydrogens (tertiary/aromatic N) is 3. The number of benzene rings is 2. The zero-order chi connectivity index (χ0) is 26.0. The number of nitrogens with one attached hydrogen (secondary N) is 1. The number of pyridine rings is 1. The molecule has 7 nitrogen and oxygen atoms in total. The molecule has 0 bridgehead atoms. The lowest BCUT2D eigenvalue weighted by Gasteiger charge is -2.09. The van der Waals surface area contributed by atoms with Crippen molar-refractivity contribution in [1.29, 1.82) is 0 Å². The smallest absolute Gasteiger partial charge is 0.439 e. The number of fused-ring (bicyclic) bond motifs is 2. The molecule has 0 radical (unpaired) electrons. The van der Waals surface area contributed by atoms with Crippen molar-refractivity contribution in [1.82, 2.24) is 19.7 Å². The minimum absolute atomic E-state index is 0.274. The highest BCUT2D eigenvalue weighted by atomic mass is 35.5. The second kappa shape index (κ2) is 10.4. The van der Waals surface area contributed by atoms with Gasteiger partial charge in [-0.15, -0.1) is 13.2 Å². The number of aryl methyl sites for hydroxylation is 1. The van der Waals surface area contributed by atoms with Crippen LogP contribution in [0.1, 0.15) is 24.2 Å². The molecule has 0 amide bonds. The van der Waals surface area contributed by atoms with Gasteiger partial charge in [-0.25, -0.2) is 9.97 Å². The standard InChI is InChI=1S/C26H22ClF3N4O3/c1-2-20-22(34-10-9-18(27)12-24(34)32-20)14-35-15-31-13-25-33-21-8-5-17(11-23(21)36-25)16-3-6-19(7-4-16)37-26(28,29)30/h3-12,31H,2,13-15H2,1H3. The third-order valence-corrected chi connectivity index (χ3v) is 5.91. The summed E-state index contributed by atoms with van der Waals surface area (Å²) in [5.41, 5.74) is 5.47. The van der Waals surface area contributed by atoms with Crippen LogP contribution in [0, 0.1) is 0 Å². The second-order valence-electron chi connectivity index (χ2n) is 8.21. The molecular weight excluding hydrogens is 509 g/mol. The van der Waals surface area contributed by atoms with Gasteiger partial charge >= 0.3 is 6.36 Å². The SMILES string of the molecule is CCc1nc2cc(Cl)ccn2c1COCNCc1nc2ccc(-c3ccc(OC(F)(F)F)cc3)cc2o1. The predicted octanol–water partition coefficient (Wildman–Crippen LogP) is 6.52. The van der Waals surface area contributed by atoms with Crippen LogP contribution in [0.3, 0.4) is 0 Å². The third-order valence-electron chi connectivity index (χ3n) is 5.68. The van der Waals surface area contributed by atoms with Crippen LogP contribution in [0.2, 0.25) is 5.02 Å². The minimum Gasteiger partial charge on any atom is -0.439 e. The van der Waals surface area contributed by atoms with Crippen LogP contribution in [0.5, 0.6) is 5.75 Å². The van der Waals surface area contributed by atoms with Crippen LogP contribution in [-0.4, -0.2) is 27.5 Å². The molecule has 5 rings (SSSR count). The topological polar surface area (TPSA) is 73.8 Å². The molecule has 3 aromatic heterocycles. The molecule has 0 aliphatic rings. The highest BCUT2D eigenvalue weighted by Gasteiger charge is 2.31. The van der Waals surface area contributed by atoms with E-state index in [0.717, 1.165) is 34.6 Å². The van der Waals surface area contributed by atoms with Crippen LogP contribution in [0.25, 0.3) is 27.9 Å². The van der Waals surface area contributed by atoms with Gasteiger partial charge < -0.3 is 18.3 Å². The highest BCUT2D eigenvalue weighted by molar-refractivity contribution is 6.30. The van der Waals surface area contributed by atoms with Crippen molar-refractivity contribution >= 4 is 28.3 Å². The molecule has 5 aromatic rings. The lowest BCUT2D eigenvalue weighted by Crippen LogP contribution is -2.18. The highest BCUT2D eigenvalue weighted by Crippen LogP contribution is 2.29. The normalized spacial score (nSPS) is 12.0. The summed E-state index contributed by atoms with van der Waals surface area (Å²) in [6.45, 7) is 3.06. The Bertz CT molecular complexity index is 1530. The molecule has 2 aromatic carbocycles. The fraction of sp³-hybridized carbons (Fsp3) is 0.231. The lowest BCUT2D eigenvalue weighted by molar-refractivity contribution is -0.274. The zero-order valence-electron chi connectivity index (χ0n) is 19.7. The molecule has 0 spiro atoms. The number of imidazole rings is 1. The van der Waals surface area contributed by atoms with Crippen molar-refractivity contribution in [2.24, 2.45) is 0 Å². The van der Waals surface area contributed by atoms with Gasteiger partial charge in [0.1, 0.15) is 16.9 Å². The summed E-state index contributed by atoms with van der Waals surface area (Å²) in [5.74, 6) is 0.215. The Balaban J connectivity index is 1.18. The summed E-state index contributed by atoms with van der Waals surface area (Å²) in [6, 6.07) is 14.7. The Labute approximate surface area is 214 Å². The first-order valence-corrected chi connectivity index (χ1v) is 11.9. The van der Waals surface area contributed by atoms with Gasteiger partial charge in [0.15, 0.2) is 5.58 Å². The van der Waals surface area contributed by atoms with Crippen LogP contribution in [-0.2, 0) is 24.3 Å². The fourth-order valence-corrected chi connectivity index (χ4v) is 4.16. The number of hydrogen-bond acceptors (Lipinski definition) is 6. The second-order valence-corrected chi connectivity index (χ2v) is 8.65. The maximum atomic E-state index is 12.4. The van der Waals surface area contributed by atoms with E-state index in [4.69, 9.17) is 20.8 Å². The maximum Gasteiger partial charge on any atom is 0.573 e. The van der Waals surface area contributed by atoms with Crippen molar-refractivity contribution < 1.29 is 27.1 Å². The van der Waals surface area contributed by atoms with Crippen LogP contribution in [0.4, 0.5) is 13.2 Å². The molecule has 192 valence electrons. The zero-order valence-corrected chi connectivity index (χ0v) is 20.4.